The number of H-pyrrole nitrogens is 1. The van der Waals surface area contributed by atoms with Gasteiger partial charge in [0.2, 0.25) is 0 Å². The van der Waals surface area contributed by atoms with Gasteiger partial charge < -0.3 is 15.1 Å². The van der Waals surface area contributed by atoms with Crippen LogP contribution in [0.1, 0.15) is 5.69 Å². The zero-order valence-corrected chi connectivity index (χ0v) is 20.7. The van der Waals surface area contributed by atoms with Crippen molar-refractivity contribution >= 4 is 49.8 Å². The van der Waals surface area contributed by atoms with Gasteiger partial charge in [0.25, 0.3) is 0 Å². The molecule has 0 radical (unpaired) electrons. The van der Waals surface area contributed by atoms with Gasteiger partial charge in [0.05, 0.1) is 17.9 Å². The van der Waals surface area contributed by atoms with Crippen LogP contribution in [0.2, 0.25) is 0 Å². The molecule has 34 heavy (non-hydrogen) atoms. The molecule has 0 unspecified atom stereocenters. The topological polar surface area (TPSA) is 77.4 Å². The molecule has 5 aromatic rings. The molecular formula is C25H25BrN8. The van der Waals surface area contributed by atoms with E-state index in [1.807, 2.05) is 31.3 Å². The highest BCUT2D eigenvalue weighted by molar-refractivity contribution is 9.10. The number of aromatic amines is 1. The first-order chi connectivity index (χ1) is 16.5. The summed E-state index contributed by atoms with van der Waals surface area (Å²) in [4.78, 5) is 14.4. The number of aromatic nitrogens is 5. The Bertz CT molecular complexity index is 1500. The molecule has 6 rings (SSSR count). The number of fused-ring (bicyclic) bond motifs is 2. The molecule has 0 spiro atoms. The number of nitrogens with zero attached hydrogens (tertiary/aromatic N) is 6. The van der Waals surface area contributed by atoms with E-state index in [1.54, 1.807) is 0 Å². The Balaban J connectivity index is 1.50. The van der Waals surface area contributed by atoms with Crippen LogP contribution in [0.25, 0.3) is 27.8 Å². The van der Waals surface area contributed by atoms with Crippen LogP contribution in [0.15, 0.2) is 59.3 Å². The van der Waals surface area contributed by atoms with Gasteiger partial charge in [-0.2, -0.15) is 5.10 Å². The van der Waals surface area contributed by atoms with Gasteiger partial charge in [0, 0.05) is 53.0 Å². The second-order valence-corrected chi connectivity index (χ2v) is 9.70. The molecule has 9 heteroatoms. The van der Waals surface area contributed by atoms with Crippen LogP contribution >= 0.6 is 15.9 Å². The maximum Gasteiger partial charge on any atom is 0.157 e. The van der Waals surface area contributed by atoms with Crippen molar-refractivity contribution in [1.29, 1.82) is 0 Å². The average Bonchev–Trinajstić information content (AvgIpc) is 3.39. The van der Waals surface area contributed by atoms with Crippen molar-refractivity contribution in [2.24, 2.45) is 0 Å². The van der Waals surface area contributed by atoms with E-state index in [0.29, 0.717) is 0 Å². The number of halogens is 1. The summed E-state index contributed by atoms with van der Waals surface area (Å²) in [5, 5.41) is 12.2. The summed E-state index contributed by atoms with van der Waals surface area (Å²) in [5.41, 5.74) is 5.68. The number of imidazole rings is 1. The smallest absolute Gasteiger partial charge is 0.157 e. The lowest BCUT2D eigenvalue weighted by atomic mass is 10.1. The van der Waals surface area contributed by atoms with Crippen LogP contribution in [0, 0.1) is 6.92 Å². The molecular weight excluding hydrogens is 492 g/mol. The Morgan fingerprint density at radius 2 is 1.91 bits per heavy atom. The summed E-state index contributed by atoms with van der Waals surface area (Å²) in [6.45, 7) is 6.02. The molecule has 4 heterocycles. The van der Waals surface area contributed by atoms with Crippen LogP contribution < -0.4 is 10.2 Å². The second-order valence-electron chi connectivity index (χ2n) is 8.79. The van der Waals surface area contributed by atoms with Gasteiger partial charge in [-0.3, -0.25) is 9.50 Å². The summed E-state index contributed by atoms with van der Waals surface area (Å²) < 4.78 is 3.13. The third kappa shape index (κ3) is 3.80. The van der Waals surface area contributed by atoms with Crippen LogP contribution in [-0.4, -0.2) is 62.7 Å². The monoisotopic (exact) mass is 516 g/mol. The summed E-state index contributed by atoms with van der Waals surface area (Å²) >= 11 is 3.59. The number of aryl methyl sites for hydroxylation is 1. The molecule has 0 saturated carbocycles. The molecule has 1 aliphatic heterocycles. The number of likely N-dealkylation sites (N-methyl/N-ethyl adjacent to an activating group) is 1. The number of hydrogen-bond donors (Lipinski definition) is 2. The Kier molecular flexibility index (Phi) is 5.23. The van der Waals surface area contributed by atoms with Gasteiger partial charge in [0.15, 0.2) is 5.65 Å². The van der Waals surface area contributed by atoms with Crippen molar-refractivity contribution in [2.75, 3.05) is 43.4 Å². The maximum atomic E-state index is 4.99. The zero-order valence-electron chi connectivity index (χ0n) is 19.1. The number of rotatable bonds is 4. The van der Waals surface area contributed by atoms with Crippen molar-refractivity contribution in [3.05, 3.63) is 65.0 Å². The Hall–Kier alpha value is -3.43. The third-order valence-electron chi connectivity index (χ3n) is 6.43. The van der Waals surface area contributed by atoms with Gasteiger partial charge in [-0.05, 0) is 44.3 Å². The first-order valence-corrected chi connectivity index (χ1v) is 12.1. The van der Waals surface area contributed by atoms with E-state index < -0.39 is 0 Å². The van der Waals surface area contributed by atoms with Gasteiger partial charge in [-0.25, -0.2) is 9.97 Å². The molecule has 0 amide bonds. The number of anilines is 3. The van der Waals surface area contributed by atoms with E-state index in [0.717, 1.165) is 81.5 Å². The first kappa shape index (κ1) is 21.1. The van der Waals surface area contributed by atoms with Crippen LogP contribution in [0.3, 0.4) is 0 Å². The number of piperazine rings is 1. The highest BCUT2D eigenvalue weighted by Crippen LogP contribution is 2.34. The molecule has 2 N–H and O–H groups in total. The maximum absolute atomic E-state index is 4.99. The molecule has 0 aliphatic carbocycles. The summed E-state index contributed by atoms with van der Waals surface area (Å²) in [5.74, 6) is 1.87. The fourth-order valence-electron chi connectivity index (χ4n) is 4.45. The molecule has 0 bridgehead atoms. The predicted octanol–water partition coefficient (Wildman–Crippen LogP) is 4.84. The van der Waals surface area contributed by atoms with Crippen molar-refractivity contribution in [3.63, 3.8) is 0 Å². The van der Waals surface area contributed by atoms with E-state index in [9.17, 15) is 0 Å². The van der Waals surface area contributed by atoms with E-state index >= 15 is 0 Å². The van der Waals surface area contributed by atoms with Crippen molar-refractivity contribution in [1.82, 2.24) is 29.5 Å². The lowest BCUT2D eigenvalue weighted by molar-refractivity contribution is 0.312. The number of hydrogen-bond acceptors (Lipinski definition) is 6. The quantitative estimate of drug-likeness (QED) is 0.356. The molecule has 2 aromatic carbocycles. The molecule has 172 valence electrons. The lowest BCUT2D eigenvalue weighted by Gasteiger charge is -2.33. The highest BCUT2D eigenvalue weighted by Gasteiger charge is 2.20. The third-order valence-corrected chi connectivity index (χ3v) is 6.92. The Morgan fingerprint density at radius 1 is 1.06 bits per heavy atom. The molecule has 1 aliphatic rings. The van der Waals surface area contributed by atoms with Gasteiger partial charge in [-0.1, -0.05) is 28.1 Å². The van der Waals surface area contributed by atoms with E-state index in [1.165, 1.54) is 0 Å². The summed E-state index contributed by atoms with van der Waals surface area (Å²) in [6.07, 6.45) is 3.96. The minimum Gasteiger partial charge on any atom is -0.353 e. The Labute approximate surface area is 205 Å². The van der Waals surface area contributed by atoms with Crippen LogP contribution in [0.4, 0.5) is 17.3 Å². The SMILES string of the molecule is Cc1[nH]nc2ccc(-c3nc4cnc(N5CCN(C)CC5)cn4c3Nc3cccc(Br)c3)cc12. The van der Waals surface area contributed by atoms with Gasteiger partial charge >= 0.3 is 0 Å². The molecule has 1 fully saturated rings. The van der Waals surface area contributed by atoms with Crippen molar-refractivity contribution < 1.29 is 0 Å². The Morgan fingerprint density at radius 3 is 2.74 bits per heavy atom. The predicted molar refractivity (Wildman–Crippen MR) is 140 cm³/mol. The van der Waals surface area contributed by atoms with Crippen molar-refractivity contribution in [3.8, 4) is 11.3 Å². The lowest BCUT2D eigenvalue weighted by Crippen LogP contribution is -2.44. The average molecular weight is 517 g/mol. The molecule has 1 saturated heterocycles. The fourth-order valence-corrected chi connectivity index (χ4v) is 4.85. The van der Waals surface area contributed by atoms with Gasteiger partial charge in [0.1, 0.15) is 17.3 Å². The van der Waals surface area contributed by atoms with Crippen LogP contribution in [0.5, 0.6) is 0 Å². The normalized spacial score (nSPS) is 14.9. The second kappa shape index (κ2) is 8.41. The number of nitrogens with one attached hydrogen (secondary N) is 2. The van der Waals surface area contributed by atoms with E-state index in [-0.39, 0.29) is 0 Å². The summed E-state index contributed by atoms with van der Waals surface area (Å²) in [6, 6.07) is 14.4. The summed E-state index contributed by atoms with van der Waals surface area (Å²) in [7, 11) is 2.16. The fraction of sp³-hybridized carbons (Fsp3) is 0.240. The largest absolute Gasteiger partial charge is 0.353 e. The van der Waals surface area contributed by atoms with Crippen molar-refractivity contribution in [2.45, 2.75) is 6.92 Å². The highest BCUT2D eigenvalue weighted by atomic mass is 79.9. The van der Waals surface area contributed by atoms with Crippen LogP contribution in [-0.2, 0) is 0 Å². The van der Waals surface area contributed by atoms with E-state index in [2.05, 4.69) is 83.2 Å². The minimum atomic E-state index is 0.800. The standard InChI is InChI=1S/C25H25BrN8/c1-16-20-12-17(6-7-21(20)31-30-16)24-25(28-19-5-3-4-18(26)13-19)34-15-23(27-14-22(34)29-24)33-10-8-32(2)9-11-33/h3-7,12-15,28H,8-11H2,1-2H3,(H,30,31). The van der Waals surface area contributed by atoms with E-state index in [4.69, 9.17) is 9.97 Å². The number of benzene rings is 2. The first-order valence-electron chi connectivity index (χ1n) is 11.3. The molecule has 8 nitrogen and oxygen atoms in total. The minimum absolute atomic E-state index is 0.800. The molecule has 3 aromatic heterocycles. The zero-order chi connectivity index (χ0) is 23.2. The molecule has 0 atom stereocenters. The van der Waals surface area contributed by atoms with Gasteiger partial charge in [-0.15, -0.1) is 0 Å².